The molecule has 11 heteroatoms. The molecule has 4 rings (SSSR count). The lowest BCUT2D eigenvalue weighted by Gasteiger charge is -2.30. The third-order valence-corrected chi connectivity index (χ3v) is 6.92. The number of hydrogen-bond acceptors (Lipinski definition) is 10. The Hall–Kier alpha value is -1.99. The van der Waals surface area contributed by atoms with Gasteiger partial charge in [0.1, 0.15) is 24.0 Å². The van der Waals surface area contributed by atoms with Gasteiger partial charge < -0.3 is 30.5 Å². The van der Waals surface area contributed by atoms with Crippen molar-refractivity contribution < 1.29 is 25.2 Å². The minimum Gasteiger partial charge on any atom is -0.394 e. The van der Waals surface area contributed by atoms with E-state index in [1.165, 1.54) is 24.7 Å². The number of unbranched alkanes of at least 4 members (excludes halogenated alkanes) is 3. The molecular formula is C23H33N5O5S. The summed E-state index contributed by atoms with van der Waals surface area (Å²) in [6, 6.07) is 9.55. The summed E-state index contributed by atoms with van der Waals surface area (Å²) in [4.78, 5) is 9.09. The first kappa shape index (κ1) is 25.1. The Kier molecular flexibility index (Phi) is 8.25. The van der Waals surface area contributed by atoms with E-state index in [-0.39, 0.29) is 6.42 Å². The maximum Gasteiger partial charge on any atom is 0.187 e. The monoisotopic (exact) mass is 491 g/mol. The van der Waals surface area contributed by atoms with Gasteiger partial charge in [0.05, 0.1) is 12.9 Å². The van der Waals surface area contributed by atoms with Gasteiger partial charge >= 0.3 is 0 Å². The number of ether oxygens (including phenoxy) is 1. The summed E-state index contributed by atoms with van der Waals surface area (Å²) < 4.78 is 10.7. The molecule has 34 heavy (non-hydrogen) atoms. The van der Waals surface area contributed by atoms with Crippen molar-refractivity contribution in [1.82, 2.24) is 19.6 Å². The molecule has 0 amide bonds. The lowest BCUT2D eigenvalue weighted by molar-refractivity contribution is -0.0560. The smallest absolute Gasteiger partial charge is 0.187 e. The van der Waals surface area contributed by atoms with Crippen LogP contribution in [0.5, 0.6) is 0 Å². The third-order valence-electron chi connectivity index (χ3n) is 6.11. The zero-order valence-corrected chi connectivity index (χ0v) is 20.0. The normalized spacial score (nSPS) is 28.1. The van der Waals surface area contributed by atoms with E-state index in [2.05, 4.69) is 22.0 Å². The van der Waals surface area contributed by atoms with Gasteiger partial charge in [-0.2, -0.15) is 0 Å². The molecule has 10 nitrogen and oxygen atoms in total. The van der Waals surface area contributed by atoms with E-state index >= 15 is 0 Å². The number of hydrogen-bond donors (Lipinski definition) is 6. The van der Waals surface area contributed by atoms with Crippen molar-refractivity contribution in [3.05, 3.63) is 41.6 Å². The molecule has 0 aliphatic carbocycles. The molecule has 1 saturated heterocycles. The first-order chi connectivity index (χ1) is 16.5. The lowest BCUT2D eigenvalue weighted by atomic mass is 9.98. The second kappa shape index (κ2) is 11.2. The number of aliphatic imine (C=N–C) groups is 1. The Balaban J connectivity index is 1.65. The van der Waals surface area contributed by atoms with Crippen LogP contribution in [-0.4, -0.2) is 67.8 Å². The summed E-state index contributed by atoms with van der Waals surface area (Å²) in [5.41, 5.74) is -0.324. The van der Waals surface area contributed by atoms with Crippen LogP contribution < -0.4 is 10.0 Å². The Labute approximate surface area is 203 Å². The van der Waals surface area contributed by atoms with Crippen LogP contribution in [0.4, 0.5) is 5.82 Å². The van der Waals surface area contributed by atoms with Crippen LogP contribution in [0.15, 0.2) is 40.5 Å². The van der Waals surface area contributed by atoms with Crippen molar-refractivity contribution >= 4 is 24.1 Å². The summed E-state index contributed by atoms with van der Waals surface area (Å²) in [5.74, 6) is 0.322. The number of aliphatic hydroxyl groups excluding tert-OH is 3. The predicted molar refractivity (Wildman–Crippen MR) is 129 cm³/mol. The Morgan fingerprint density at radius 2 is 1.97 bits per heavy atom. The van der Waals surface area contributed by atoms with Crippen molar-refractivity contribution in [3.63, 3.8) is 0 Å². The molecule has 5 atom stereocenters. The molecule has 0 bridgehead atoms. The summed E-state index contributed by atoms with van der Waals surface area (Å²) >= 11 is 1.26. The van der Waals surface area contributed by atoms with Crippen molar-refractivity contribution in [1.29, 1.82) is 0 Å². The molecule has 2 aliphatic rings. The van der Waals surface area contributed by atoms with E-state index in [0.717, 1.165) is 31.4 Å². The summed E-state index contributed by atoms with van der Waals surface area (Å²) in [6.07, 6.45) is 1.57. The summed E-state index contributed by atoms with van der Waals surface area (Å²) in [7, 11) is 0. The highest BCUT2D eigenvalue weighted by atomic mass is 32.2. The molecule has 1 aromatic heterocycles. The minimum absolute atomic E-state index is 0.244. The Bertz CT molecular complexity index is 974. The highest BCUT2D eigenvalue weighted by Crippen LogP contribution is 2.42. The van der Waals surface area contributed by atoms with Gasteiger partial charge in [-0.15, -0.1) is 0 Å². The van der Waals surface area contributed by atoms with Gasteiger partial charge in [0.15, 0.2) is 22.9 Å². The number of aromatic nitrogens is 2. The number of nitrogens with one attached hydrogen (secondary N) is 2. The Morgan fingerprint density at radius 1 is 1.18 bits per heavy atom. The van der Waals surface area contributed by atoms with Crippen molar-refractivity contribution in [3.8, 4) is 0 Å². The fourth-order valence-corrected chi connectivity index (χ4v) is 5.03. The fraction of sp³-hybridized carbons (Fsp3) is 0.565. The Morgan fingerprint density at radius 3 is 2.68 bits per heavy atom. The molecule has 2 aliphatic heterocycles. The second-order valence-corrected chi connectivity index (χ2v) is 9.51. The topological polar surface area (TPSA) is 144 Å². The SMILES string of the molecule is CCCCCCNSc1nc2c(n1[C@@H]1O[C@H](CO)[C@@H](O)[C@H]1O)N=CNC2(O)Cc1ccccc1. The molecule has 2 aromatic rings. The average Bonchev–Trinajstić information content (AvgIpc) is 3.34. The van der Waals surface area contributed by atoms with Crippen LogP contribution in [0.25, 0.3) is 0 Å². The van der Waals surface area contributed by atoms with E-state index in [0.29, 0.717) is 16.7 Å². The van der Waals surface area contributed by atoms with Gasteiger partial charge in [-0.1, -0.05) is 56.5 Å². The fourth-order valence-electron chi connectivity index (χ4n) is 4.23. The van der Waals surface area contributed by atoms with Crippen LogP contribution in [0.2, 0.25) is 0 Å². The molecule has 1 aromatic carbocycles. The number of imidazole rings is 1. The lowest BCUT2D eigenvalue weighted by Crippen LogP contribution is -2.45. The van der Waals surface area contributed by atoms with Gasteiger partial charge in [0.25, 0.3) is 0 Å². The van der Waals surface area contributed by atoms with E-state index in [1.807, 2.05) is 30.3 Å². The zero-order valence-electron chi connectivity index (χ0n) is 19.2. The van der Waals surface area contributed by atoms with E-state index in [1.54, 1.807) is 4.57 Å². The van der Waals surface area contributed by atoms with Crippen molar-refractivity contribution in [2.24, 2.45) is 4.99 Å². The van der Waals surface area contributed by atoms with E-state index in [9.17, 15) is 20.4 Å². The second-order valence-electron chi connectivity index (χ2n) is 8.65. The van der Waals surface area contributed by atoms with Crippen LogP contribution in [0.1, 0.15) is 50.1 Å². The number of benzene rings is 1. The number of fused-ring (bicyclic) bond motifs is 1. The van der Waals surface area contributed by atoms with Crippen molar-refractivity contribution in [2.45, 2.75) is 74.4 Å². The van der Waals surface area contributed by atoms with Crippen LogP contribution >= 0.6 is 11.9 Å². The highest BCUT2D eigenvalue weighted by molar-refractivity contribution is 7.97. The highest BCUT2D eigenvalue weighted by Gasteiger charge is 2.47. The number of aliphatic hydroxyl groups is 4. The first-order valence-corrected chi connectivity index (χ1v) is 12.5. The average molecular weight is 492 g/mol. The maximum absolute atomic E-state index is 11.5. The molecule has 1 fully saturated rings. The van der Waals surface area contributed by atoms with Gasteiger partial charge in [-0.25, -0.2) is 9.98 Å². The molecule has 0 saturated carbocycles. The zero-order chi connectivity index (χ0) is 24.1. The maximum atomic E-state index is 11.5. The van der Waals surface area contributed by atoms with Gasteiger partial charge in [-0.3, -0.25) is 9.29 Å². The molecule has 0 radical (unpaired) electrons. The van der Waals surface area contributed by atoms with E-state index < -0.39 is 36.9 Å². The van der Waals surface area contributed by atoms with E-state index in [4.69, 9.17) is 9.72 Å². The summed E-state index contributed by atoms with van der Waals surface area (Å²) in [5, 5.41) is 45.5. The molecule has 6 N–H and O–H groups in total. The predicted octanol–water partition coefficient (Wildman–Crippen LogP) is 1.32. The standard InChI is InChI=1S/C23H33N5O5S/c1-2-3-4-8-11-26-34-22-27-19-20(28(22)21-18(31)17(30)16(13-29)33-21)24-14-25-23(19,32)12-15-9-6-5-7-10-15/h5-7,9-10,14,16-18,21,26,29-32H,2-4,8,11-13H2,1H3,(H,24,25)/t16-,17-,18-,21-,23?/m1/s1. The van der Waals surface area contributed by atoms with Crippen LogP contribution in [-0.2, 0) is 16.9 Å². The van der Waals surface area contributed by atoms with Gasteiger partial charge in [0, 0.05) is 13.0 Å². The van der Waals surface area contributed by atoms with Gasteiger partial charge in [-0.05, 0) is 23.9 Å². The molecule has 3 heterocycles. The molecule has 186 valence electrons. The molecular weight excluding hydrogens is 458 g/mol. The van der Waals surface area contributed by atoms with Crippen molar-refractivity contribution in [2.75, 3.05) is 13.2 Å². The molecule has 0 spiro atoms. The number of nitrogens with zero attached hydrogens (tertiary/aromatic N) is 3. The van der Waals surface area contributed by atoms with Gasteiger partial charge in [0.2, 0.25) is 0 Å². The summed E-state index contributed by atoms with van der Waals surface area (Å²) in [6.45, 7) is 2.48. The quantitative estimate of drug-likeness (QED) is 0.202. The van der Waals surface area contributed by atoms with Crippen LogP contribution in [0, 0.1) is 0 Å². The van der Waals surface area contributed by atoms with Crippen LogP contribution in [0.3, 0.4) is 0 Å². The largest absolute Gasteiger partial charge is 0.394 e. The first-order valence-electron chi connectivity index (χ1n) is 11.7. The third kappa shape index (κ3) is 5.15. The minimum atomic E-state index is -1.53. The number of rotatable bonds is 11. The molecule has 1 unspecified atom stereocenters.